The van der Waals surface area contributed by atoms with Crippen LogP contribution in [0.3, 0.4) is 0 Å². The summed E-state index contributed by atoms with van der Waals surface area (Å²) in [6, 6.07) is 7.41. The monoisotopic (exact) mass is 481 g/mol. The molecule has 1 aliphatic heterocycles. The van der Waals surface area contributed by atoms with Crippen LogP contribution in [0.1, 0.15) is 29.8 Å². The van der Waals surface area contributed by atoms with Gasteiger partial charge in [-0.15, -0.1) is 0 Å². The molecule has 2 aromatic rings. The van der Waals surface area contributed by atoms with E-state index in [1.165, 1.54) is 7.11 Å². The maximum atomic E-state index is 13.0. The number of rotatable bonds is 7. The van der Waals surface area contributed by atoms with Crippen molar-refractivity contribution < 1.29 is 32.4 Å². The van der Waals surface area contributed by atoms with E-state index in [1.54, 1.807) is 28.0 Å². The molecular weight excluding hydrogens is 455 g/mol. The van der Waals surface area contributed by atoms with Gasteiger partial charge in [0.2, 0.25) is 0 Å². The van der Waals surface area contributed by atoms with Gasteiger partial charge in [-0.1, -0.05) is 13.8 Å². The molecule has 0 aliphatic carbocycles. The SMILES string of the molecule is COc1cc(C(=O)N2CCN(c3ccc(C(F)(F)F)cc3[N+](=O)[O-])CC2)ccc1OCC(C)C. The van der Waals surface area contributed by atoms with E-state index in [4.69, 9.17) is 9.47 Å². The van der Waals surface area contributed by atoms with Crippen LogP contribution in [0.5, 0.6) is 11.5 Å². The lowest BCUT2D eigenvalue weighted by atomic mass is 10.1. The second kappa shape index (κ2) is 10.2. The number of amides is 1. The number of methoxy groups -OCH3 is 1. The maximum Gasteiger partial charge on any atom is 0.416 e. The van der Waals surface area contributed by atoms with Crippen molar-refractivity contribution in [2.45, 2.75) is 20.0 Å². The van der Waals surface area contributed by atoms with Crippen LogP contribution in [0, 0.1) is 16.0 Å². The summed E-state index contributed by atoms with van der Waals surface area (Å²) < 4.78 is 50.0. The quantitative estimate of drug-likeness (QED) is 0.424. The predicted octanol–water partition coefficient (Wildman–Crippen LogP) is 4.62. The van der Waals surface area contributed by atoms with Crippen molar-refractivity contribution >= 4 is 17.3 Å². The van der Waals surface area contributed by atoms with Crippen LogP contribution in [0.2, 0.25) is 0 Å². The second-order valence-corrected chi connectivity index (χ2v) is 8.31. The van der Waals surface area contributed by atoms with Crippen LogP contribution in [-0.2, 0) is 6.18 Å². The molecule has 1 amide bonds. The third-order valence-corrected chi connectivity index (χ3v) is 5.39. The van der Waals surface area contributed by atoms with Crippen molar-refractivity contribution in [2.75, 3.05) is 44.8 Å². The number of nitro groups is 1. The molecule has 0 bridgehead atoms. The van der Waals surface area contributed by atoms with Gasteiger partial charge in [0.25, 0.3) is 11.6 Å². The topological polar surface area (TPSA) is 85.2 Å². The lowest BCUT2D eigenvalue weighted by Gasteiger charge is -2.36. The number of hydrogen-bond donors (Lipinski definition) is 0. The fourth-order valence-corrected chi connectivity index (χ4v) is 3.62. The highest BCUT2D eigenvalue weighted by atomic mass is 19.4. The molecule has 1 heterocycles. The fraction of sp³-hybridized carbons (Fsp3) is 0.435. The third kappa shape index (κ3) is 5.70. The van der Waals surface area contributed by atoms with E-state index in [-0.39, 0.29) is 37.8 Å². The van der Waals surface area contributed by atoms with Crippen molar-refractivity contribution in [3.63, 3.8) is 0 Å². The highest BCUT2D eigenvalue weighted by Gasteiger charge is 2.34. The first kappa shape index (κ1) is 25.1. The molecule has 0 spiro atoms. The van der Waals surface area contributed by atoms with E-state index in [9.17, 15) is 28.1 Å². The Bertz CT molecular complexity index is 1050. The van der Waals surface area contributed by atoms with Crippen LogP contribution in [0.15, 0.2) is 36.4 Å². The third-order valence-electron chi connectivity index (χ3n) is 5.39. The molecule has 0 aromatic heterocycles. The summed E-state index contributed by atoms with van der Waals surface area (Å²) in [5.74, 6) is 1.05. The van der Waals surface area contributed by atoms with Gasteiger partial charge in [-0.25, -0.2) is 0 Å². The fourth-order valence-electron chi connectivity index (χ4n) is 3.62. The van der Waals surface area contributed by atoms with E-state index in [0.717, 1.165) is 12.1 Å². The van der Waals surface area contributed by atoms with Crippen molar-refractivity contribution in [1.82, 2.24) is 4.90 Å². The molecule has 0 radical (unpaired) electrons. The van der Waals surface area contributed by atoms with Gasteiger partial charge in [0.05, 0.1) is 24.2 Å². The summed E-state index contributed by atoms with van der Waals surface area (Å²) >= 11 is 0. The van der Waals surface area contributed by atoms with E-state index < -0.39 is 22.4 Å². The van der Waals surface area contributed by atoms with Gasteiger partial charge in [-0.2, -0.15) is 13.2 Å². The van der Waals surface area contributed by atoms with Crippen LogP contribution in [0.25, 0.3) is 0 Å². The Morgan fingerprint density at radius 2 is 1.76 bits per heavy atom. The van der Waals surface area contributed by atoms with Gasteiger partial charge in [0.1, 0.15) is 5.69 Å². The second-order valence-electron chi connectivity index (χ2n) is 8.31. The summed E-state index contributed by atoms with van der Waals surface area (Å²) in [5, 5.41) is 11.4. The zero-order valence-corrected chi connectivity index (χ0v) is 19.1. The number of piperazine rings is 1. The number of ether oxygens (including phenoxy) is 2. The van der Waals surface area contributed by atoms with Crippen LogP contribution >= 0.6 is 0 Å². The lowest BCUT2D eigenvalue weighted by Crippen LogP contribution is -2.49. The maximum absolute atomic E-state index is 13.0. The molecule has 3 rings (SSSR count). The Morgan fingerprint density at radius 1 is 1.09 bits per heavy atom. The zero-order valence-electron chi connectivity index (χ0n) is 19.1. The number of hydrogen-bond acceptors (Lipinski definition) is 6. The first-order valence-corrected chi connectivity index (χ1v) is 10.7. The zero-order chi connectivity index (χ0) is 25.0. The Balaban J connectivity index is 1.71. The number of anilines is 1. The van der Waals surface area contributed by atoms with Gasteiger partial charge < -0.3 is 19.3 Å². The molecule has 2 aromatic carbocycles. The van der Waals surface area contributed by atoms with Crippen molar-refractivity contribution in [2.24, 2.45) is 5.92 Å². The molecule has 1 fully saturated rings. The van der Waals surface area contributed by atoms with Crippen molar-refractivity contribution in [3.05, 3.63) is 57.6 Å². The molecule has 11 heteroatoms. The molecule has 0 atom stereocenters. The summed E-state index contributed by atoms with van der Waals surface area (Å²) in [6.07, 6.45) is -4.68. The Hall–Kier alpha value is -3.50. The highest BCUT2D eigenvalue weighted by Crippen LogP contribution is 2.37. The predicted molar refractivity (Wildman–Crippen MR) is 120 cm³/mol. The average Bonchev–Trinajstić information content (AvgIpc) is 2.81. The molecule has 34 heavy (non-hydrogen) atoms. The number of alkyl halides is 3. The molecule has 0 unspecified atom stereocenters. The number of nitrogens with zero attached hydrogens (tertiary/aromatic N) is 3. The molecule has 1 aliphatic rings. The number of nitro benzene ring substituents is 1. The summed E-state index contributed by atoms with van der Waals surface area (Å²) in [7, 11) is 1.49. The number of carbonyl (C=O) groups excluding carboxylic acids is 1. The van der Waals surface area contributed by atoms with Gasteiger partial charge in [0.15, 0.2) is 11.5 Å². The molecule has 0 saturated carbocycles. The first-order chi connectivity index (χ1) is 16.0. The molecular formula is C23H26F3N3O5. The standard InChI is InChI=1S/C23H26F3N3O5/c1-15(2)14-34-20-7-4-16(12-21(20)33-3)22(30)28-10-8-27(9-11-28)18-6-5-17(23(24,25)26)13-19(18)29(31)32/h4-7,12-13,15H,8-11,14H2,1-3H3. The van der Waals surface area contributed by atoms with Gasteiger partial charge in [0, 0.05) is 37.8 Å². The normalized spacial score (nSPS) is 14.3. The Kier molecular flexibility index (Phi) is 7.53. The minimum absolute atomic E-state index is 0.0958. The van der Waals surface area contributed by atoms with Crippen molar-refractivity contribution in [1.29, 1.82) is 0 Å². The number of carbonyl (C=O) groups is 1. The van der Waals surface area contributed by atoms with Gasteiger partial charge in [-0.05, 0) is 36.2 Å². The van der Waals surface area contributed by atoms with Crippen molar-refractivity contribution in [3.8, 4) is 11.5 Å². The largest absolute Gasteiger partial charge is 0.493 e. The molecule has 184 valence electrons. The minimum Gasteiger partial charge on any atom is -0.493 e. The number of halogens is 3. The molecule has 0 N–H and O–H groups in total. The Labute approximate surface area is 195 Å². The van der Waals surface area contributed by atoms with Crippen LogP contribution in [0.4, 0.5) is 24.5 Å². The van der Waals surface area contributed by atoms with Crippen LogP contribution in [-0.4, -0.2) is 55.6 Å². The number of benzene rings is 2. The molecule has 1 saturated heterocycles. The summed E-state index contributed by atoms with van der Waals surface area (Å²) in [6.45, 7) is 5.53. The van der Waals surface area contributed by atoms with E-state index in [2.05, 4.69) is 0 Å². The molecule has 8 nitrogen and oxygen atoms in total. The summed E-state index contributed by atoms with van der Waals surface area (Å²) in [4.78, 5) is 26.8. The minimum atomic E-state index is -4.68. The van der Waals surface area contributed by atoms with Gasteiger partial charge >= 0.3 is 6.18 Å². The van der Waals surface area contributed by atoms with Crippen LogP contribution < -0.4 is 14.4 Å². The first-order valence-electron chi connectivity index (χ1n) is 10.7. The Morgan fingerprint density at radius 3 is 2.32 bits per heavy atom. The van der Waals surface area contributed by atoms with E-state index in [0.29, 0.717) is 35.7 Å². The highest BCUT2D eigenvalue weighted by molar-refractivity contribution is 5.95. The smallest absolute Gasteiger partial charge is 0.416 e. The van der Waals surface area contributed by atoms with E-state index >= 15 is 0 Å². The lowest BCUT2D eigenvalue weighted by molar-refractivity contribution is -0.384. The van der Waals surface area contributed by atoms with Gasteiger partial charge in [-0.3, -0.25) is 14.9 Å². The summed E-state index contributed by atoms with van der Waals surface area (Å²) in [5.41, 5.74) is -1.19. The van der Waals surface area contributed by atoms with E-state index in [1.807, 2.05) is 13.8 Å². The average molecular weight is 481 g/mol.